The van der Waals surface area contributed by atoms with Crippen molar-refractivity contribution in [2.75, 3.05) is 7.11 Å². The first-order valence-electron chi connectivity index (χ1n) is 13.2. The second kappa shape index (κ2) is 11.0. The van der Waals surface area contributed by atoms with E-state index in [1.807, 2.05) is 0 Å². The van der Waals surface area contributed by atoms with E-state index in [9.17, 15) is 10.2 Å². The summed E-state index contributed by atoms with van der Waals surface area (Å²) >= 11 is 0. The number of rotatable bonds is 7. The van der Waals surface area contributed by atoms with Crippen LogP contribution in [0.4, 0.5) is 0 Å². The van der Waals surface area contributed by atoms with Crippen molar-refractivity contribution in [3.05, 3.63) is 47.1 Å². The Bertz CT molecular complexity index is 872. The molecule has 0 aromatic heterocycles. The lowest BCUT2D eigenvalue weighted by molar-refractivity contribution is 0.0862. The molecule has 2 fully saturated rings. The van der Waals surface area contributed by atoms with E-state index in [2.05, 4.69) is 64.6 Å². The molecule has 0 aromatic carbocycles. The largest absolute Gasteiger partial charge is 0.399 e. The molecule has 0 aliphatic heterocycles. The van der Waals surface area contributed by atoms with E-state index in [1.165, 1.54) is 24.8 Å². The molecule has 4 nitrogen and oxygen atoms in total. The lowest BCUT2D eigenvalue weighted by atomic mass is 9.62. The highest BCUT2D eigenvalue weighted by Gasteiger charge is 2.45. The zero-order valence-electron chi connectivity index (χ0n) is 22.4. The van der Waals surface area contributed by atoms with Crippen LogP contribution in [0.25, 0.3) is 0 Å². The molecular formula is C30H47NO3. The van der Waals surface area contributed by atoms with Gasteiger partial charge in [-0.15, -0.1) is 0 Å². The van der Waals surface area contributed by atoms with Crippen molar-refractivity contribution in [1.82, 2.24) is 0 Å². The molecule has 2 N–H and O–H groups in total. The van der Waals surface area contributed by atoms with Gasteiger partial charge in [-0.2, -0.15) is 0 Å². The second-order valence-electron chi connectivity index (χ2n) is 12.1. The van der Waals surface area contributed by atoms with Crippen molar-refractivity contribution < 1.29 is 15.1 Å². The van der Waals surface area contributed by atoms with E-state index in [1.54, 1.807) is 12.7 Å². The van der Waals surface area contributed by atoms with E-state index in [-0.39, 0.29) is 10.8 Å². The molecule has 0 amide bonds. The van der Waals surface area contributed by atoms with Gasteiger partial charge >= 0.3 is 0 Å². The molecule has 3 aliphatic rings. The Morgan fingerprint density at radius 1 is 1.32 bits per heavy atom. The topological polar surface area (TPSA) is 62.0 Å². The molecule has 0 unspecified atom stereocenters. The average Bonchev–Trinajstić information content (AvgIpc) is 3.11. The highest BCUT2D eigenvalue weighted by Crippen LogP contribution is 2.57. The zero-order valence-corrected chi connectivity index (χ0v) is 22.4. The van der Waals surface area contributed by atoms with Crippen LogP contribution < -0.4 is 0 Å². The smallest absolute Gasteiger partial charge is 0.106 e. The third-order valence-electron chi connectivity index (χ3n) is 8.52. The monoisotopic (exact) mass is 469 g/mol. The van der Waals surface area contributed by atoms with Gasteiger partial charge in [-0.05, 0) is 79.8 Å². The van der Waals surface area contributed by atoms with Gasteiger partial charge in [-0.1, -0.05) is 75.7 Å². The fraction of sp³-hybridized carbons (Fsp3) is 0.700. The normalized spacial score (nSPS) is 33.8. The Morgan fingerprint density at radius 2 is 2.06 bits per heavy atom. The molecule has 5 atom stereocenters. The predicted molar refractivity (Wildman–Crippen MR) is 142 cm³/mol. The fourth-order valence-corrected chi connectivity index (χ4v) is 6.48. The lowest BCUT2D eigenvalue weighted by Gasteiger charge is -2.42. The molecule has 4 heteroatoms. The van der Waals surface area contributed by atoms with Crippen LogP contribution in [0.3, 0.4) is 0 Å². The number of hydrogen-bond donors (Lipinski definition) is 2. The molecule has 0 radical (unpaired) electrons. The lowest BCUT2D eigenvalue weighted by Crippen LogP contribution is -2.32. The first-order valence-corrected chi connectivity index (χ1v) is 13.2. The number of aliphatic hydroxyl groups excluding tert-OH is 2. The summed E-state index contributed by atoms with van der Waals surface area (Å²) in [4.78, 5) is 5.10. The van der Waals surface area contributed by atoms with E-state index < -0.39 is 12.2 Å². The van der Waals surface area contributed by atoms with E-state index in [4.69, 9.17) is 4.84 Å². The van der Waals surface area contributed by atoms with Crippen molar-refractivity contribution in [2.45, 2.75) is 105 Å². The zero-order chi connectivity index (χ0) is 25.1. The van der Waals surface area contributed by atoms with Gasteiger partial charge in [0.2, 0.25) is 0 Å². The Balaban J connectivity index is 1.67. The average molecular weight is 470 g/mol. The van der Waals surface area contributed by atoms with Crippen molar-refractivity contribution in [1.29, 1.82) is 0 Å². The Labute approximate surface area is 207 Å². The van der Waals surface area contributed by atoms with E-state index in [0.717, 1.165) is 42.5 Å². The number of aliphatic hydroxyl groups is 2. The summed E-state index contributed by atoms with van der Waals surface area (Å²) in [5.41, 5.74) is 6.34. The maximum absolute atomic E-state index is 10.2. The summed E-state index contributed by atoms with van der Waals surface area (Å²) in [7, 11) is 1.64. The van der Waals surface area contributed by atoms with Crippen LogP contribution in [-0.2, 0) is 4.84 Å². The van der Waals surface area contributed by atoms with Crippen LogP contribution >= 0.6 is 0 Å². The summed E-state index contributed by atoms with van der Waals surface area (Å²) in [6.45, 7) is 15.6. The minimum Gasteiger partial charge on any atom is -0.399 e. The molecule has 34 heavy (non-hydrogen) atoms. The van der Waals surface area contributed by atoms with Gasteiger partial charge in [0.15, 0.2) is 0 Å². The van der Waals surface area contributed by atoms with Crippen LogP contribution in [0.1, 0.15) is 92.4 Å². The van der Waals surface area contributed by atoms with Crippen LogP contribution in [-0.4, -0.2) is 35.2 Å². The molecule has 0 spiro atoms. The fourth-order valence-electron chi connectivity index (χ4n) is 6.48. The van der Waals surface area contributed by atoms with Crippen molar-refractivity contribution >= 4 is 5.71 Å². The molecule has 2 saturated carbocycles. The van der Waals surface area contributed by atoms with Crippen LogP contribution in [0.2, 0.25) is 0 Å². The predicted octanol–water partition coefficient (Wildman–Crippen LogP) is 6.90. The summed E-state index contributed by atoms with van der Waals surface area (Å²) in [6.07, 6.45) is 14.8. The van der Waals surface area contributed by atoms with Gasteiger partial charge in [-0.3, -0.25) is 0 Å². The van der Waals surface area contributed by atoms with Gasteiger partial charge < -0.3 is 15.1 Å². The minimum atomic E-state index is -0.627. The van der Waals surface area contributed by atoms with Crippen LogP contribution in [0.15, 0.2) is 52.3 Å². The standard InChI is InChI=1S/C30H47NO3/c1-20(10-8-12-28(31-34-7)29(3,4)5)25-15-16-26-22(11-9-17-30(25,26)6)13-14-23-18-24(32)19-27(33)21(23)2/h13-15,20,24,26-27,32-33H,2,8-12,16-19H2,1,3-7H3/b22-13+,23-14-,31-28+/t20-,24-,26+,27+,30-/m1/s1. The van der Waals surface area contributed by atoms with Crippen LogP contribution in [0, 0.1) is 22.7 Å². The first-order chi connectivity index (χ1) is 16.0. The first kappa shape index (κ1) is 26.9. The van der Waals surface area contributed by atoms with Gasteiger partial charge in [0, 0.05) is 11.8 Å². The highest BCUT2D eigenvalue weighted by molar-refractivity contribution is 5.88. The number of oxime groups is 1. The summed E-state index contributed by atoms with van der Waals surface area (Å²) < 4.78 is 0. The molecular weight excluding hydrogens is 422 g/mol. The van der Waals surface area contributed by atoms with Gasteiger partial charge in [0.05, 0.1) is 17.9 Å². The quantitative estimate of drug-likeness (QED) is 0.242. The second-order valence-corrected chi connectivity index (χ2v) is 12.1. The maximum atomic E-state index is 10.2. The summed E-state index contributed by atoms with van der Waals surface area (Å²) in [6, 6.07) is 0. The van der Waals surface area contributed by atoms with Crippen LogP contribution in [0.5, 0.6) is 0 Å². The molecule has 0 bridgehead atoms. The Kier molecular flexibility index (Phi) is 8.68. The molecule has 0 heterocycles. The van der Waals surface area contributed by atoms with E-state index >= 15 is 0 Å². The Hall–Kier alpha value is -1.65. The molecule has 3 aliphatic carbocycles. The number of fused-ring (bicyclic) bond motifs is 1. The number of allylic oxidation sites excluding steroid dienone is 5. The Morgan fingerprint density at radius 3 is 2.74 bits per heavy atom. The van der Waals surface area contributed by atoms with Gasteiger partial charge in [-0.25, -0.2) is 0 Å². The van der Waals surface area contributed by atoms with E-state index in [0.29, 0.717) is 24.7 Å². The minimum absolute atomic E-state index is 0.0379. The third kappa shape index (κ3) is 5.94. The highest BCUT2D eigenvalue weighted by atomic mass is 16.6. The van der Waals surface area contributed by atoms with Crippen molar-refractivity contribution in [3.8, 4) is 0 Å². The summed E-state index contributed by atoms with van der Waals surface area (Å²) in [5.74, 6) is 1.13. The third-order valence-corrected chi connectivity index (χ3v) is 8.52. The molecule has 0 aromatic rings. The van der Waals surface area contributed by atoms with Crippen molar-refractivity contribution in [2.24, 2.45) is 27.8 Å². The SMILES string of the molecule is C=C1/C(=C\C=C2/CCC[C@]3(C)C([C@H](C)CCC/C(=N\OC)C(C)(C)C)=CC[C@@H]23)C[C@@H](O)C[C@@H]1O. The summed E-state index contributed by atoms with van der Waals surface area (Å²) in [5, 5.41) is 24.6. The molecule has 0 saturated heterocycles. The maximum Gasteiger partial charge on any atom is 0.106 e. The van der Waals surface area contributed by atoms with Crippen molar-refractivity contribution in [3.63, 3.8) is 0 Å². The molecule has 190 valence electrons. The number of hydrogen-bond acceptors (Lipinski definition) is 4. The number of nitrogens with zero attached hydrogens (tertiary/aromatic N) is 1. The molecule has 3 rings (SSSR count). The van der Waals surface area contributed by atoms with Gasteiger partial charge in [0.1, 0.15) is 7.11 Å². The van der Waals surface area contributed by atoms with Gasteiger partial charge in [0.25, 0.3) is 0 Å².